The highest BCUT2D eigenvalue weighted by Crippen LogP contribution is 2.66. The van der Waals surface area contributed by atoms with Crippen molar-refractivity contribution in [2.45, 2.75) is 90.4 Å². The quantitative estimate of drug-likeness (QED) is 0.756. The summed E-state index contributed by atoms with van der Waals surface area (Å²) in [5, 5.41) is 13.6. The Kier molecular flexibility index (Phi) is 4.87. The molecule has 0 aromatic heterocycles. The summed E-state index contributed by atoms with van der Waals surface area (Å²) >= 11 is 0. The molecule has 2 bridgehead atoms. The van der Waals surface area contributed by atoms with Gasteiger partial charge in [0.25, 0.3) is 0 Å². The highest BCUT2D eigenvalue weighted by Gasteiger charge is 2.61. The van der Waals surface area contributed by atoms with Gasteiger partial charge in [-0.3, -0.25) is 0 Å². The molecule has 3 rings (SSSR count). The van der Waals surface area contributed by atoms with Gasteiger partial charge in [-0.2, -0.15) is 0 Å². The van der Waals surface area contributed by atoms with E-state index in [9.17, 15) is 5.11 Å². The maximum Gasteiger partial charge on any atom is 0.0686 e. The third kappa shape index (κ3) is 2.97. The van der Waals surface area contributed by atoms with Gasteiger partial charge in [0.15, 0.2) is 0 Å². The molecule has 0 spiro atoms. The first kappa shape index (κ1) is 16.7. The van der Waals surface area contributed by atoms with E-state index in [1.54, 1.807) is 0 Å². The average Bonchev–Trinajstić information content (AvgIpc) is 3.11. The molecular weight excluding hydrogens is 274 g/mol. The van der Waals surface area contributed by atoms with E-state index in [1.807, 2.05) is 0 Å². The summed E-state index contributed by atoms with van der Waals surface area (Å²) in [6.45, 7) is 8.70. The predicted molar refractivity (Wildman–Crippen MR) is 89.9 cm³/mol. The number of rotatable bonds is 7. The maximum atomic E-state index is 10.1. The third-order valence-corrected chi connectivity index (χ3v) is 7.48. The first-order valence-electron chi connectivity index (χ1n) is 9.46. The number of nitrogens with one attached hydrogen (secondary N) is 1. The number of aliphatic hydroxyl groups is 1. The number of fused-ring (bicyclic) bond motifs is 2. The van der Waals surface area contributed by atoms with E-state index in [4.69, 9.17) is 4.74 Å². The van der Waals surface area contributed by atoms with E-state index in [1.165, 1.54) is 44.9 Å². The summed E-state index contributed by atoms with van der Waals surface area (Å²) in [6.07, 6.45) is 10.0. The van der Waals surface area contributed by atoms with Crippen LogP contribution in [0.2, 0.25) is 0 Å². The van der Waals surface area contributed by atoms with Crippen molar-refractivity contribution in [2.24, 2.45) is 16.7 Å². The fourth-order valence-electron chi connectivity index (χ4n) is 5.26. The van der Waals surface area contributed by atoms with Crippen molar-refractivity contribution in [1.29, 1.82) is 0 Å². The molecule has 0 amide bonds. The Hall–Kier alpha value is -0.120. The van der Waals surface area contributed by atoms with E-state index < -0.39 is 0 Å². The van der Waals surface area contributed by atoms with E-state index in [0.29, 0.717) is 29.6 Å². The lowest BCUT2D eigenvalue weighted by Crippen LogP contribution is -2.38. The Balaban J connectivity index is 1.37. The molecule has 3 aliphatic carbocycles. The van der Waals surface area contributed by atoms with Crippen molar-refractivity contribution in [1.82, 2.24) is 5.32 Å². The van der Waals surface area contributed by atoms with Crippen molar-refractivity contribution < 1.29 is 9.84 Å². The lowest BCUT2D eigenvalue weighted by molar-refractivity contribution is -0.0546. The molecule has 3 heteroatoms. The monoisotopic (exact) mass is 309 g/mol. The Bertz CT molecular complexity index is 378. The van der Waals surface area contributed by atoms with Gasteiger partial charge in [0.05, 0.1) is 12.2 Å². The molecule has 0 aliphatic heterocycles. The second kappa shape index (κ2) is 6.41. The fourth-order valence-corrected chi connectivity index (χ4v) is 5.26. The normalized spacial score (nSPS) is 38.7. The summed E-state index contributed by atoms with van der Waals surface area (Å²) in [5.41, 5.74) is 0.755. The minimum Gasteiger partial charge on any atom is -0.392 e. The van der Waals surface area contributed by atoms with E-state index in [-0.39, 0.29) is 6.10 Å². The first-order valence-corrected chi connectivity index (χ1v) is 9.46. The van der Waals surface area contributed by atoms with Gasteiger partial charge in [0.2, 0.25) is 0 Å². The van der Waals surface area contributed by atoms with Crippen molar-refractivity contribution in [2.75, 3.05) is 13.2 Å². The molecule has 2 N–H and O–H groups in total. The first-order chi connectivity index (χ1) is 10.4. The summed E-state index contributed by atoms with van der Waals surface area (Å²) in [5.74, 6) is 0.830. The molecule has 0 radical (unpaired) electrons. The zero-order valence-electron chi connectivity index (χ0n) is 14.7. The highest BCUT2D eigenvalue weighted by molar-refractivity contribution is 5.11. The van der Waals surface area contributed by atoms with Gasteiger partial charge >= 0.3 is 0 Å². The molecule has 0 unspecified atom stereocenters. The fraction of sp³-hybridized carbons (Fsp3) is 1.00. The largest absolute Gasteiger partial charge is 0.392 e. The van der Waals surface area contributed by atoms with E-state index in [0.717, 1.165) is 18.9 Å². The smallest absolute Gasteiger partial charge is 0.0686 e. The zero-order valence-corrected chi connectivity index (χ0v) is 14.7. The van der Waals surface area contributed by atoms with Crippen LogP contribution in [0, 0.1) is 16.7 Å². The minimum atomic E-state index is -0.264. The molecule has 4 atom stereocenters. The van der Waals surface area contributed by atoms with Gasteiger partial charge in [-0.15, -0.1) is 0 Å². The molecule has 3 nitrogen and oxygen atoms in total. The van der Waals surface area contributed by atoms with Crippen LogP contribution in [0.5, 0.6) is 0 Å². The predicted octanol–water partition coefficient (Wildman–Crippen LogP) is 3.50. The van der Waals surface area contributed by atoms with Crippen LogP contribution >= 0.6 is 0 Å². The lowest BCUT2D eigenvalue weighted by Gasteiger charge is -2.39. The topological polar surface area (TPSA) is 41.5 Å². The average molecular weight is 309 g/mol. The third-order valence-electron chi connectivity index (χ3n) is 7.48. The van der Waals surface area contributed by atoms with Gasteiger partial charge in [-0.1, -0.05) is 33.6 Å². The Morgan fingerprint density at radius 3 is 2.50 bits per heavy atom. The summed E-state index contributed by atoms with van der Waals surface area (Å²) in [7, 11) is 0. The summed E-state index contributed by atoms with van der Waals surface area (Å²) < 4.78 is 6.23. The molecule has 0 aromatic carbocycles. The SMILES string of the molecule is CC1(C)[C@H]2CC[C@@]1(C)[C@@H](OCC[C@H](O)CNC1CCCC1)C2. The summed E-state index contributed by atoms with van der Waals surface area (Å²) in [6, 6.07) is 0.640. The Morgan fingerprint density at radius 1 is 1.18 bits per heavy atom. The summed E-state index contributed by atoms with van der Waals surface area (Å²) in [4.78, 5) is 0. The van der Waals surface area contributed by atoms with Crippen LogP contribution in [-0.4, -0.2) is 36.5 Å². The van der Waals surface area contributed by atoms with Crippen LogP contribution in [0.25, 0.3) is 0 Å². The van der Waals surface area contributed by atoms with Gasteiger partial charge in [-0.25, -0.2) is 0 Å². The zero-order chi connectivity index (χ0) is 15.8. The lowest BCUT2D eigenvalue weighted by atomic mass is 9.70. The standard InChI is InChI=1S/C19H35NO2/c1-18(2)14-8-10-19(18,3)17(12-14)22-11-9-16(21)13-20-15-6-4-5-7-15/h14-17,20-21H,4-13H2,1-3H3/t14-,16-,17-,19-/m0/s1. The van der Waals surface area contributed by atoms with Crippen LogP contribution in [0.1, 0.15) is 72.1 Å². The number of hydrogen-bond donors (Lipinski definition) is 2. The van der Waals surface area contributed by atoms with Gasteiger partial charge in [-0.05, 0) is 55.3 Å². The molecule has 0 saturated heterocycles. The van der Waals surface area contributed by atoms with Crippen molar-refractivity contribution >= 4 is 0 Å². The van der Waals surface area contributed by atoms with Gasteiger partial charge in [0, 0.05) is 19.2 Å². The minimum absolute atomic E-state index is 0.264. The van der Waals surface area contributed by atoms with E-state index >= 15 is 0 Å². The van der Waals surface area contributed by atoms with Crippen molar-refractivity contribution in [3.63, 3.8) is 0 Å². The van der Waals surface area contributed by atoms with Gasteiger partial charge in [0.1, 0.15) is 0 Å². The van der Waals surface area contributed by atoms with Gasteiger partial charge < -0.3 is 15.2 Å². The van der Waals surface area contributed by atoms with E-state index in [2.05, 4.69) is 26.1 Å². The van der Waals surface area contributed by atoms with Crippen molar-refractivity contribution in [3.8, 4) is 0 Å². The Morgan fingerprint density at radius 2 is 1.91 bits per heavy atom. The molecular formula is C19H35NO2. The van der Waals surface area contributed by atoms with Crippen molar-refractivity contribution in [3.05, 3.63) is 0 Å². The molecule has 3 aliphatic rings. The maximum absolute atomic E-state index is 10.1. The van der Waals surface area contributed by atoms with Crippen LogP contribution in [0.15, 0.2) is 0 Å². The number of hydrogen-bond acceptors (Lipinski definition) is 3. The van der Waals surface area contributed by atoms with Crippen LogP contribution in [0.4, 0.5) is 0 Å². The van der Waals surface area contributed by atoms with Crippen LogP contribution < -0.4 is 5.32 Å². The number of ether oxygens (including phenoxy) is 1. The second-order valence-electron chi connectivity index (χ2n) is 8.80. The molecule has 0 heterocycles. The second-order valence-corrected chi connectivity index (χ2v) is 8.80. The molecule has 3 fully saturated rings. The Labute approximate surface area is 136 Å². The highest BCUT2D eigenvalue weighted by atomic mass is 16.5. The van der Waals surface area contributed by atoms with Crippen LogP contribution in [0.3, 0.4) is 0 Å². The molecule has 3 saturated carbocycles. The molecule has 22 heavy (non-hydrogen) atoms. The van der Waals surface area contributed by atoms with Crippen LogP contribution in [-0.2, 0) is 4.74 Å². The molecule has 128 valence electrons. The number of aliphatic hydroxyl groups excluding tert-OH is 1. The molecule has 0 aromatic rings.